The number of hydrogen-bond acceptors (Lipinski definition) is 3. The molecule has 0 aliphatic carbocycles. The lowest BCUT2D eigenvalue weighted by molar-refractivity contribution is 0.102. The topological polar surface area (TPSA) is 66.5 Å². The van der Waals surface area contributed by atoms with Crippen LogP contribution in [-0.4, -0.2) is 32.7 Å². The van der Waals surface area contributed by atoms with Crippen LogP contribution in [0.25, 0.3) is 0 Å². The molecule has 0 saturated heterocycles. The first-order valence-electron chi connectivity index (χ1n) is 6.82. The van der Waals surface area contributed by atoms with Gasteiger partial charge in [0.05, 0.1) is 10.5 Å². The summed E-state index contributed by atoms with van der Waals surface area (Å²) in [5.74, 6) is -1.49. The minimum Gasteiger partial charge on any atom is -0.322 e. The van der Waals surface area contributed by atoms with Crippen LogP contribution in [-0.2, 0) is 10.0 Å². The molecular weight excluding hydrogens is 319 g/mol. The molecule has 122 valence electrons. The highest BCUT2D eigenvalue weighted by Gasteiger charge is 2.21. The summed E-state index contributed by atoms with van der Waals surface area (Å²) in [6, 6.07) is 10.2. The SMILES string of the molecule is Cc1cccc(NC(=O)c2cc(S(=O)(=O)N(C)C)ccc2F)c1. The monoisotopic (exact) mass is 336 g/mol. The van der Waals surface area contributed by atoms with E-state index in [-0.39, 0.29) is 10.5 Å². The van der Waals surface area contributed by atoms with Crippen LogP contribution >= 0.6 is 0 Å². The van der Waals surface area contributed by atoms with Crippen molar-refractivity contribution in [3.05, 3.63) is 59.4 Å². The first-order valence-corrected chi connectivity index (χ1v) is 8.26. The van der Waals surface area contributed by atoms with E-state index in [0.29, 0.717) is 5.69 Å². The van der Waals surface area contributed by atoms with E-state index in [4.69, 9.17) is 0 Å². The van der Waals surface area contributed by atoms with E-state index in [9.17, 15) is 17.6 Å². The van der Waals surface area contributed by atoms with Crippen molar-refractivity contribution in [1.29, 1.82) is 0 Å². The number of carbonyl (C=O) groups is 1. The second-order valence-electron chi connectivity index (χ2n) is 5.25. The Labute approximate surface area is 134 Å². The summed E-state index contributed by atoms with van der Waals surface area (Å²) in [5, 5.41) is 2.56. The van der Waals surface area contributed by atoms with Crippen molar-refractivity contribution in [2.45, 2.75) is 11.8 Å². The summed E-state index contributed by atoms with van der Waals surface area (Å²) in [5.41, 5.74) is 1.12. The van der Waals surface area contributed by atoms with Gasteiger partial charge in [-0.25, -0.2) is 17.1 Å². The number of rotatable bonds is 4. The van der Waals surface area contributed by atoms with Gasteiger partial charge in [-0.3, -0.25) is 4.79 Å². The van der Waals surface area contributed by atoms with Crippen molar-refractivity contribution in [2.75, 3.05) is 19.4 Å². The minimum atomic E-state index is -3.74. The summed E-state index contributed by atoms with van der Waals surface area (Å²) < 4.78 is 39.1. The summed E-state index contributed by atoms with van der Waals surface area (Å²) in [4.78, 5) is 12.1. The van der Waals surface area contributed by atoms with E-state index in [2.05, 4.69) is 5.32 Å². The fourth-order valence-electron chi connectivity index (χ4n) is 1.97. The molecule has 23 heavy (non-hydrogen) atoms. The standard InChI is InChI=1S/C16H17FN2O3S/c1-11-5-4-6-12(9-11)18-16(20)14-10-13(7-8-15(14)17)23(21,22)19(2)3/h4-10H,1-3H3,(H,18,20). The Bertz CT molecular complexity index is 848. The van der Waals surface area contributed by atoms with Crippen LogP contribution in [0.3, 0.4) is 0 Å². The predicted octanol–water partition coefficient (Wildman–Crippen LogP) is 2.64. The first kappa shape index (κ1) is 17.1. The molecule has 0 aromatic heterocycles. The minimum absolute atomic E-state index is 0.140. The van der Waals surface area contributed by atoms with Crippen molar-refractivity contribution in [3.63, 3.8) is 0 Å². The Morgan fingerprint density at radius 2 is 1.83 bits per heavy atom. The Morgan fingerprint density at radius 3 is 2.43 bits per heavy atom. The van der Waals surface area contributed by atoms with Gasteiger partial charge in [0.2, 0.25) is 10.0 Å². The average Bonchev–Trinajstić information content (AvgIpc) is 2.47. The normalized spacial score (nSPS) is 11.5. The van der Waals surface area contributed by atoms with Gasteiger partial charge in [-0.05, 0) is 42.8 Å². The van der Waals surface area contributed by atoms with Crippen LogP contribution in [0.1, 0.15) is 15.9 Å². The quantitative estimate of drug-likeness (QED) is 0.933. The number of halogens is 1. The molecule has 0 radical (unpaired) electrons. The highest BCUT2D eigenvalue weighted by molar-refractivity contribution is 7.89. The summed E-state index contributed by atoms with van der Waals surface area (Å²) in [6.45, 7) is 1.86. The number of nitrogens with one attached hydrogen (secondary N) is 1. The first-order chi connectivity index (χ1) is 10.7. The van der Waals surface area contributed by atoms with E-state index in [1.807, 2.05) is 13.0 Å². The number of benzene rings is 2. The molecule has 7 heteroatoms. The van der Waals surface area contributed by atoms with Gasteiger partial charge in [-0.15, -0.1) is 0 Å². The number of amides is 1. The molecule has 0 spiro atoms. The van der Waals surface area contributed by atoms with Gasteiger partial charge in [0, 0.05) is 19.8 Å². The van der Waals surface area contributed by atoms with Gasteiger partial charge >= 0.3 is 0 Å². The van der Waals surface area contributed by atoms with E-state index < -0.39 is 21.7 Å². The van der Waals surface area contributed by atoms with Gasteiger partial charge in [0.15, 0.2) is 0 Å². The highest BCUT2D eigenvalue weighted by atomic mass is 32.2. The number of aryl methyl sites for hydroxylation is 1. The third-order valence-electron chi connectivity index (χ3n) is 3.24. The molecule has 2 aromatic rings. The molecule has 5 nitrogen and oxygen atoms in total. The Morgan fingerprint density at radius 1 is 1.13 bits per heavy atom. The maximum Gasteiger partial charge on any atom is 0.258 e. The third-order valence-corrected chi connectivity index (χ3v) is 5.05. The largest absolute Gasteiger partial charge is 0.322 e. The molecule has 0 heterocycles. The lowest BCUT2D eigenvalue weighted by atomic mass is 10.2. The molecule has 0 atom stereocenters. The number of sulfonamides is 1. The Balaban J connectivity index is 2.37. The maximum absolute atomic E-state index is 13.9. The van der Waals surface area contributed by atoms with Crippen molar-refractivity contribution in [3.8, 4) is 0 Å². The lowest BCUT2D eigenvalue weighted by Crippen LogP contribution is -2.23. The molecule has 0 unspecified atom stereocenters. The van der Waals surface area contributed by atoms with Crippen molar-refractivity contribution < 1.29 is 17.6 Å². The van der Waals surface area contributed by atoms with Crippen molar-refractivity contribution in [2.24, 2.45) is 0 Å². The molecule has 2 aromatic carbocycles. The smallest absolute Gasteiger partial charge is 0.258 e. The van der Waals surface area contributed by atoms with Crippen LogP contribution in [0.2, 0.25) is 0 Å². The molecule has 0 bridgehead atoms. The lowest BCUT2D eigenvalue weighted by Gasteiger charge is -2.13. The van der Waals surface area contributed by atoms with Gasteiger partial charge in [0.25, 0.3) is 5.91 Å². The second kappa shape index (κ2) is 6.47. The third kappa shape index (κ3) is 3.75. The zero-order chi connectivity index (χ0) is 17.2. The summed E-state index contributed by atoms with van der Waals surface area (Å²) in [6.07, 6.45) is 0. The van der Waals surface area contributed by atoms with Crippen molar-refractivity contribution in [1.82, 2.24) is 4.31 Å². The van der Waals surface area contributed by atoms with Crippen LogP contribution in [0.4, 0.5) is 10.1 Å². The van der Waals surface area contributed by atoms with Gasteiger partial charge in [-0.2, -0.15) is 0 Å². The number of anilines is 1. The van der Waals surface area contributed by atoms with Crippen LogP contribution in [0, 0.1) is 12.7 Å². The van der Waals surface area contributed by atoms with Crippen molar-refractivity contribution >= 4 is 21.6 Å². The van der Waals surface area contributed by atoms with E-state index in [1.54, 1.807) is 18.2 Å². The maximum atomic E-state index is 13.9. The zero-order valence-corrected chi connectivity index (χ0v) is 13.8. The van der Waals surface area contributed by atoms with Crippen LogP contribution < -0.4 is 5.32 Å². The summed E-state index contributed by atoms with van der Waals surface area (Å²) >= 11 is 0. The molecular formula is C16H17FN2O3S. The number of carbonyl (C=O) groups excluding carboxylic acids is 1. The molecule has 0 aliphatic rings. The highest BCUT2D eigenvalue weighted by Crippen LogP contribution is 2.19. The second-order valence-corrected chi connectivity index (χ2v) is 7.40. The molecule has 0 fully saturated rings. The molecule has 2 rings (SSSR count). The summed E-state index contributed by atoms with van der Waals surface area (Å²) in [7, 11) is -1.01. The Hall–Kier alpha value is -2.25. The number of hydrogen-bond donors (Lipinski definition) is 1. The van der Waals surface area contributed by atoms with E-state index in [1.165, 1.54) is 14.1 Å². The van der Waals surface area contributed by atoms with Gasteiger partial charge < -0.3 is 5.32 Å². The molecule has 0 saturated carbocycles. The van der Waals surface area contributed by atoms with Crippen LogP contribution in [0.15, 0.2) is 47.4 Å². The predicted molar refractivity (Wildman–Crippen MR) is 86.4 cm³/mol. The molecule has 0 aliphatic heterocycles. The Kier molecular flexibility index (Phi) is 4.82. The number of nitrogens with zero attached hydrogens (tertiary/aromatic N) is 1. The molecule has 1 N–H and O–H groups in total. The van der Waals surface area contributed by atoms with Gasteiger partial charge in [0.1, 0.15) is 5.82 Å². The fraction of sp³-hybridized carbons (Fsp3) is 0.188. The van der Waals surface area contributed by atoms with Gasteiger partial charge in [-0.1, -0.05) is 12.1 Å². The van der Waals surface area contributed by atoms with E-state index >= 15 is 0 Å². The van der Waals surface area contributed by atoms with Crippen LogP contribution in [0.5, 0.6) is 0 Å². The molecule has 1 amide bonds. The zero-order valence-electron chi connectivity index (χ0n) is 13.0. The fourth-order valence-corrected chi connectivity index (χ4v) is 2.90. The van der Waals surface area contributed by atoms with E-state index in [0.717, 1.165) is 28.1 Å². The average molecular weight is 336 g/mol.